The fraction of sp³-hybridized carbons (Fsp3) is 0.0435. The molecule has 1 aliphatic heterocycles. The molecule has 0 saturated carbocycles. The third-order valence-corrected chi connectivity index (χ3v) is 4.90. The summed E-state index contributed by atoms with van der Waals surface area (Å²) in [6.45, 7) is 0.233. The van der Waals surface area contributed by atoms with E-state index in [1.54, 1.807) is 18.3 Å². The summed E-state index contributed by atoms with van der Waals surface area (Å²) >= 11 is 0. The summed E-state index contributed by atoms with van der Waals surface area (Å²) in [6, 6.07) is 20.9. The molecule has 1 amide bonds. The van der Waals surface area contributed by atoms with Crippen molar-refractivity contribution in [3.8, 4) is 45.3 Å². The van der Waals surface area contributed by atoms with E-state index in [1.807, 2.05) is 48.5 Å². The molecule has 3 N–H and O–H groups in total. The van der Waals surface area contributed by atoms with Gasteiger partial charge in [0.1, 0.15) is 0 Å². The number of pyridine rings is 1. The van der Waals surface area contributed by atoms with Gasteiger partial charge in [-0.25, -0.2) is 0 Å². The van der Waals surface area contributed by atoms with Crippen LogP contribution in [-0.2, 0) is 0 Å². The molecule has 0 aliphatic carbocycles. The van der Waals surface area contributed by atoms with E-state index in [2.05, 4.69) is 16.0 Å². The van der Waals surface area contributed by atoms with Crippen LogP contribution in [-0.4, -0.2) is 22.7 Å². The second-order valence-electron chi connectivity index (χ2n) is 6.70. The van der Waals surface area contributed by atoms with E-state index in [4.69, 9.17) is 15.2 Å². The molecule has 4 aromatic rings. The van der Waals surface area contributed by atoms with Crippen molar-refractivity contribution in [3.05, 3.63) is 78.5 Å². The van der Waals surface area contributed by atoms with Crippen LogP contribution in [0.2, 0.25) is 0 Å². The molecule has 2 aromatic heterocycles. The molecule has 0 spiro atoms. The number of amides is 1. The quantitative estimate of drug-likeness (QED) is 0.552. The normalized spacial score (nSPS) is 12.1. The number of hydrogen-bond acceptors (Lipinski definition) is 4. The van der Waals surface area contributed by atoms with Crippen molar-refractivity contribution in [2.24, 2.45) is 5.73 Å². The van der Waals surface area contributed by atoms with Crippen LogP contribution < -0.4 is 15.2 Å². The Kier molecular flexibility index (Phi) is 4.02. The lowest BCUT2D eigenvalue weighted by Crippen LogP contribution is -2.10. The van der Waals surface area contributed by atoms with Crippen LogP contribution in [0.1, 0.15) is 10.4 Å². The molecule has 0 atom stereocenters. The summed E-state index contributed by atoms with van der Waals surface area (Å²) in [6.07, 6.45) is 1.76. The number of nitrogens with zero attached hydrogens (tertiary/aromatic N) is 1. The van der Waals surface area contributed by atoms with Crippen molar-refractivity contribution >= 4 is 5.91 Å². The molecule has 0 radical (unpaired) electrons. The number of ether oxygens (including phenoxy) is 2. The van der Waals surface area contributed by atoms with Crippen molar-refractivity contribution in [3.63, 3.8) is 0 Å². The number of carbonyl (C=O) groups excluding carboxylic acids is 1. The van der Waals surface area contributed by atoms with Crippen molar-refractivity contribution in [2.75, 3.05) is 6.79 Å². The Morgan fingerprint density at radius 3 is 2.48 bits per heavy atom. The Balaban J connectivity index is 1.64. The van der Waals surface area contributed by atoms with Crippen LogP contribution in [0, 0.1) is 0 Å². The number of H-pyrrole nitrogens is 1. The van der Waals surface area contributed by atoms with Crippen molar-refractivity contribution in [1.82, 2.24) is 9.97 Å². The third-order valence-electron chi connectivity index (χ3n) is 4.90. The fourth-order valence-electron chi connectivity index (χ4n) is 3.43. The average molecular weight is 383 g/mol. The second kappa shape index (κ2) is 6.83. The maximum Gasteiger partial charge on any atom is 0.248 e. The molecule has 0 bridgehead atoms. The molecular weight excluding hydrogens is 366 g/mol. The van der Waals surface area contributed by atoms with Gasteiger partial charge in [-0.05, 0) is 53.6 Å². The first-order chi connectivity index (χ1) is 14.2. The number of aromatic nitrogens is 2. The number of hydrogen-bond donors (Lipinski definition) is 2. The summed E-state index contributed by atoms with van der Waals surface area (Å²) in [5, 5.41) is 0. The largest absolute Gasteiger partial charge is 0.454 e. The summed E-state index contributed by atoms with van der Waals surface area (Å²) < 4.78 is 11.0. The lowest BCUT2D eigenvalue weighted by atomic mass is 10.0. The standard InChI is InChI=1S/C23H17N3O3/c24-23(27)15-6-4-14(5-7-15)19-12-17(22(26-19)18-3-1-2-10-25-18)16-8-9-20-21(11-16)29-13-28-20/h1-12,26H,13H2,(H2,24,27). The number of nitrogens with two attached hydrogens (primary N) is 1. The van der Waals surface area contributed by atoms with Gasteiger partial charge in [-0.2, -0.15) is 0 Å². The zero-order valence-corrected chi connectivity index (χ0v) is 15.4. The van der Waals surface area contributed by atoms with Gasteiger partial charge in [0.15, 0.2) is 11.5 Å². The molecule has 5 rings (SSSR count). The Labute approximate surface area is 166 Å². The first-order valence-corrected chi connectivity index (χ1v) is 9.14. The van der Waals surface area contributed by atoms with Crippen LogP contribution in [0.15, 0.2) is 72.9 Å². The molecule has 1 aliphatic rings. The minimum Gasteiger partial charge on any atom is -0.454 e. The van der Waals surface area contributed by atoms with Crippen LogP contribution in [0.4, 0.5) is 0 Å². The van der Waals surface area contributed by atoms with Gasteiger partial charge in [-0.1, -0.05) is 24.3 Å². The first-order valence-electron chi connectivity index (χ1n) is 9.14. The average Bonchev–Trinajstić information content (AvgIpc) is 3.41. The number of carbonyl (C=O) groups is 1. The highest BCUT2D eigenvalue weighted by Gasteiger charge is 2.18. The second-order valence-corrected chi connectivity index (χ2v) is 6.70. The molecular formula is C23H17N3O3. The van der Waals surface area contributed by atoms with Crippen LogP contribution in [0.25, 0.3) is 33.8 Å². The zero-order chi connectivity index (χ0) is 19.8. The van der Waals surface area contributed by atoms with E-state index < -0.39 is 5.91 Å². The Hall–Kier alpha value is -4.06. The molecule has 0 unspecified atom stereocenters. The monoisotopic (exact) mass is 383 g/mol. The molecule has 6 heteroatoms. The number of primary amides is 1. The summed E-state index contributed by atoms with van der Waals surface area (Å²) in [5.41, 5.74) is 11.4. The zero-order valence-electron chi connectivity index (χ0n) is 15.4. The maximum absolute atomic E-state index is 11.4. The van der Waals surface area contributed by atoms with Gasteiger partial charge in [0, 0.05) is 23.0 Å². The Morgan fingerprint density at radius 2 is 1.72 bits per heavy atom. The lowest BCUT2D eigenvalue weighted by molar-refractivity contribution is 0.100. The molecule has 6 nitrogen and oxygen atoms in total. The van der Waals surface area contributed by atoms with E-state index in [-0.39, 0.29) is 6.79 Å². The molecule has 29 heavy (non-hydrogen) atoms. The van der Waals surface area contributed by atoms with E-state index >= 15 is 0 Å². The van der Waals surface area contributed by atoms with E-state index in [0.29, 0.717) is 5.56 Å². The topological polar surface area (TPSA) is 90.2 Å². The van der Waals surface area contributed by atoms with Crippen LogP contribution >= 0.6 is 0 Å². The minimum atomic E-state index is -0.446. The Bertz CT molecular complexity index is 1200. The summed E-state index contributed by atoms with van der Waals surface area (Å²) in [4.78, 5) is 19.3. The minimum absolute atomic E-state index is 0.233. The highest BCUT2D eigenvalue weighted by atomic mass is 16.7. The fourth-order valence-corrected chi connectivity index (χ4v) is 3.43. The van der Waals surface area contributed by atoms with E-state index in [1.165, 1.54) is 0 Å². The van der Waals surface area contributed by atoms with Gasteiger partial charge in [0.05, 0.1) is 11.4 Å². The smallest absolute Gasteiger partial charge is 0.248 e. The van der Waals surface area contributed by atoms with Gasteiger partial charge in [-0.15, -0.1) is 0 Å². The summed E-state index contributed by atoms with van der Waals surface area (Å²) in [7, 11) is 0. The van der Waals surface area contributed by atoms with E-state index in [0.717, 1.165) is 45.3 Å². The third kappa shape index (κ3) is 3.10. The van der Waals surface area contributed by atoms with Gasteiger partial charge in [-0.3, -0.25) is 9.78 Å². The van der Waals surface area contributed by atoms with Crippen LogP contribution in [0.5, 0.6) is 11.5 Å². The van der Waals surface area contributed by atoms with Gasteiger partial charge < -0.3 is 20.2 Å². The number of nitrogens with one attached hydrogen (secondary N) is 1. The molecule has 0 fully saturated rings. The predicted molar refractivity (Wildman–Crippen MR) is 110 cm³/mol. The number of aromatic amines is 1. The summed E-state index contributed by atoms with van der Waals surface area (Å²) in [5.74, 6) is 1.02. The SMILES string of the molecule is NC(=O)c1ccc(-c2cc(-c3ccc4c(c3)OCO4)c(-c3ccccn3)[nH]2)cc1. The maximum atomic E-state index is 11.4. The molecule has 0 saturated heterocycles. The number of fused-ring (bicyclic) bond motifs is 1. The van der Waals surface area contributed by atoms with E-state index in [9.17, 15) is 4.79 Å². The predicted octanol–water partition coefficient (Wildman–Crippen LogP) is 4.24. The van der Waals surface area contributed by atoms with Gasteiger partial charge in [0.2, 0.25) is 12.7 Å². The molecule has 3 heterocycles. The van der Waals surface area contributed by atoms with Crippen molar-refractivity contribution in [2.45, 2.75) is 0 Å². The van der Waals surface area contributed by atoms with Gasteiger partial charge >= 0.3 is 0 Å². The number of rotatable bonds is 4. The van der Waals surface area contributed by atoms with Gasteiger partial charge in [0.25, 0.3) is 0 Å². The Morgan fingerprint density at radius 1 is 0.931 bits per heavy atom. The highest BCUT2D eigenvalue weighted by Crippen LogP contribution is 2.40. The number of benzene rings is 2. The van der Waals surface area contributed by atoms with Crippen LogP contribution in [0.3, 0.4) is 0 Å². The molecule has 142 valence electrons. The van der Waals surface area contributed by atoms with Crippen molar-refractivity contribution in [1.29, 1.82) is 0 Å². The van der Waals surface area contributed by atoms with Crippen molar-refractivity contribution < 1.29 is 14.3 Å². The highest BCUT2D eigenvalue weighted by molar-refractivity contribution is 5.93. The first kappa shape index (κ1) is 17.1. The lowest BCUT2D eigenvalue weighted by Gasteiger charge is -2.05. The molecule has 2 aromatic carbocycles.